The van der Waals surface area contributed by atoms with E-state index in [2.05, 4.69) is 29.1 Å². The molecule has 25 heavy (non-hydrogen) atoms. The largest absolute Gasteiger partial charge is 0.350 e. The first-order chi connectivity index (χ1) is 12.3. The van der Waals surface area contributed by atoms with Crippen LogP contribution in [0, 0.1) is 0 Å². The van der Waals surface area contributed by atoms with Crippen molar-refractivity contribution in [1.29, 1.82) is 0 Å². The number of fused-ring (bicyclic) bond motifs is 1. The molecule has 1 amide bonds. The van der Waals surface area contributed by atoms with Gasteiger partial charge in [0.05, 0.1) is 17.9 Å². The van der Waals surface area contributed by atoms with Crippen LogP contribution in [0.1, 0.15) is 68.8 Å². The highest BCUT2D eigenvalue weighted by molar-refractivity contribution is 5.75. The molecule has 1 N–H and O–H groups in total. The first kappa shape index (κ1) is 17.7. The van der Waals surface area contributed by atoms with E-state index in [0.717, 1.165) is 37.1 Å². The summed E-state index contributed by atoms with van der Waals surface area (Å²) in [6.45, 7) is 2.76. The number of carbonyl (C=O) groups excluding carboxylic acids is 1. The topological polar surface area (TPSA) is 46.9 Å². The molecule has 1 aliphatic carbocycles. The van der Waals surface area contributed by atoms with Crippen molar-refractivity contribution in [2.24, 2.45) is 0 Å². The summed E-state index contributed by atoms with van der Waals surface area (Å²) in [5, 5.41) is 7.87. The second kappa shape index (κ2) is 8.84. The van der Waals surface area contributed by atoms with Gasteiger partial charge in [-0.05, 0) is 43.4 Å². The lowest BCUT2D eigenvalue weighted by Crippen LogP contribution is -2.23. The van der Waals surface area contributed by atoms with Crippen LogP contribution in [0.3, 0.4) is 0 Å². The maximum atomic E-state index is 12.1. The minimum absolute atomic E-state index is 0.150. The predicted molar refractivity (Wildman–Crippen MR) is 101 cm³/mol. The zero-order chi connectivity index (χ0) is 17.5. The van der Waals surface area contributed by atoms with Gasteiger partial charge in [0, 0.05) is 12.1 Å². The molecule has 1 aromatic carbocycles. The van der Waals surface area contributed by atoms with Crippen molar-refractivity contribution in [3.63, 3.8) is 0 Å². The fourth-order valence-electron chi connectivity index (χ4n) is 3.60. The number of unbranched alkanes of at least 4 members (excludes halogenated alkanes) is 4. The van der Waals surface area contributed by atoms with Crippen molar-refractivity contribution in [2.45, 2.75) is 71.3 Å². The van der Waals surface area contributed by atoms with E-state index in [1.807, 2.05) is 18.2 Å². The molecule has 1 aromatic heterocycles. The van der Waals surface area contributed by atoms with Crippen LogP contribution in [0.25, 0.3) is 5.69 Å². The number of aromatic nitrogens is 2. The normalized spacial score (nSPS) is 13.0. The summed E-state index contributed by atoms with van der Waals surface area (Å²) >= 11 is 0. The molecular weight excluding hydrogens is 310 g/mol. The first-order valence-electron chi connectivity index (χ1n) is 9.71. The Hall–Kier alpha value is -2.10. The van der Waals surface area contributed by atoms with Gasteiger partial charge < -0.3 is 5.32 Å². The fraction of sp³-hybridized carbons (Fsp3) is 0.524. The molecule has 3 rings (SSSR count). The Morgan fingerprint density at radius 3 is 2.72 bits per heavy atom. The summed E-state index contributed by atoms with van der Waals surface area (Å²) in [6.07, 6.45) is 9.84. The Bertz CT molecular complexity index is 691. The van der Waals surface area contributed by atoms with Crippen molar-refractivity contribution in [2.75, 3.05) is 0 Å². The Balaban J connectivity index is 1.57. The average molecular weight is 339 g/mol. The van der Waals surface area contributed by atoms with E-state index in [9.17, 15) is 4.79 Å². The number of amides is 1. The maximum Gasteiger partial charge on any atom is 0.220 e. The van der Waals surface area contributed by atoms with Crippen molar-refractivity contribution >= 4 is 5.91 Å². The Morgan fingerprint density at radius 2 is 1.92 bits per heavy atom. The number of hydrogen-bond donors (Lipinski definition) is 1. The molecule has 0 radical (unpaired) electrons. The molecule has 0 atom stereocenters. The summed E-state index contributed by atoms with van der Waals surface area (Å²) < 4.78 is 2.06. The van der Waals surface area contributed by atoms with Crippen LogP contribution in [0.5, 0.6) is 0 Å². The highest BCUT2D eigenvalue weighted by Gasteiger charge is 2.23. The third-order valence-corrected chi connectivity index (χ3v) is 4.97. The summed E-state index contributed by atoms with van der Waals surface area (Å²) in [5.41, 5.74) is 4.80. The molecule has 2 aromatic rings. The van der Waals surface area contributed by atoms with E-state index < -0.39 is 0 Å². The van der Waals surface area contributed by atoms with Crippen molar-refractivity contribution in [1.82, 2.24) is 15.1 Å². The molecule has 4 heteroatoms. The highest BCUT2D eigenvalue weighted by Crippen LogP contribution is 2.27. The van der Waals surface area contributed by atoms with Crippen LogP contribution in [0.4, 0.5) is 0 Å². The predicted octanol–water partition coefficient (Wildman–Crippen LogP) is 4.34. The molecule has 0 bridgehead atoms. The lowest BCUT2D eigenvalue weighted by molar-refractivity contribution is -0.121. The lowest BCUT2D eigenvalue weighted by atomic mass is 10.1. The number of rotatable bonds is 9. The Morgan fingerprint density at radius 1 is 1.12 bits per heavy atom. The zero-order valence-electron chi connectivity index (χ0n) is 15.3. The van der Waals surface area contributed by atoms with Crippen LogP contribution in [-0.4, -0.2) is 15.7 Å². The van der Waals surface area contributed by atoms with E-state index in [4.69, 9.17) is 5.10 Å². The van der Waals surface area contributed by atoms with Crippen molar-refractivity contribution in [3.8, 4) is 5.69 Å². The van der Waals surface area contributed by atoms with Gasteiger partial charge in [-0.3, -0.25) is 4.79 Å². The molecule has 0 spiro atoms. The van der Waals surface area contributed by atoms with Crippen molar-refractivity contribution < 1.29 is 4.79 Å². The van der Waals surface area contributed by atoms with Gasteiger partial charge in [-0.1, -0.05) is 50.8 Å². The highest BCUT2D eigenvalue weighted by atomic mass is 16.1. The third-order valence-electron chi connectivity index (χ3n) is 4.97. The minimum Gasteiger partial charge on any atom is -0.350 e. The van der Waals surface area contributed by atoms with Gasteiger partial charge in [0.15, 0.2) is 0 Å². The quantitative estimate of drug-likeness (QED) is 0.691. The third kappa shape index (κ3) is 4.50. The van der Waals surface area contributed by atoms with E-state index in [1.54, 1.807) is 0 Å². The smallest absolute Gasteiger partial charge is 0.220 e. The van der Waals surface area contributed by atoms with Gasteiger partial charge in [-0.15, -0.1) is 0 Å². The number of carbonyl (C=O) groups is 1. The molecule has 0 unspecified atom stereocenters. The first-order valence-corrected chi connectivity index (χ1v) is 9.71. The maximum absolute atomic E-state index is 12.1. The SMILES string of the molecule is CCCCCCCC(=O)NCc1nn(-c2ccccc2)c2c1CCC2. The molecule has 0 saturated carbocycles. The van der Waals surface area contributed by atoms with Crippen LogP contribution in [0.2, 0.25) is 0 Å². The molecule has 0 fully saturated rings. The van der Waals surface area contributed by atoms with Crippen LogP contribution >= 0.6 is 0 Å². The number of hydrogen-bond acceptors (Lipinski definition) is 2. The van der Waals surface area contributed by atoms with Gasteiger partial charge >= 0.3 is 0 Å². The lowest BCUT2D eigenvalue weighted by Gasteiger charge is -2.05. The fourth-order valence-corrected chi connectivity index (χ4v) is 3.60. The van der Waals surface area contributed by atoms with Gasteiger partial charge in [0.1, 0.15) is 0 Å². The summed E-state index contributed by atoms with van der Waals surface area (Å²) in [6, 6.07) is 10.3. The second-order valence-electron chi connectivity index (χ2n) is 6.91. The summed E-state index contributed by atoms with van der Waals surface area (Å²) in [4.78, 5) is 12.1. The molecule has 1 heterocycles. The van der Waals surface area contributed by atoms with Gasteiger partial charge in [0.2, 0.25) is 5.91 Å². The Kier molecular flexibility index (Phi) is 6.26. The number of nitrogens with one attached hydrogen (secondary N) is 1. The van der Waals surface area contributed by atoms with E-state index in [-0.39, 0.29) is 5.91 Å². The standard InChI is InChI=1S/C21H29N3O/c1-2-3-4-5-9-15-21(25)22-16-19-18-13-10-14-20(18)24(23-19)17-11-7-6-8-12-17/h6-8,11-12H,2-5,9-10,13-16H2,1H3,(H,22,25). The molecule has 134 valence electrons. The van der Waals surface area contributed by atoms with E-state index >= 15 is 0 Å². The Labute approximate surface area is 150 Å². The van der Waals surface area contributed by atoms with Gasteiger partial charge in [-0.25, -0.2) is 4.68 Å². The summed E-state index contributed by atoms with van der Waals surface area (Å²) in [7, 11) is 0. The van der Waals surface area contributed by atoms with E-state index in [1.165, 1.54) is 36.9 Å². The van der Waals surface area contributed by atoms with Crippen LogP contribution < -0.4 is 5.32 Å². The van der Waals surface area contributed by atoms with Gasteiger partial charge in [-0.2, -0.15) is 5.10 Å². The van der Waals surface area contributed by atoms with Gasteiger partial charge in [0.25, 0.3) is 0 Å². The monoisotopic (exact) mass is 339 g/mol. The molecular formula is C21H29N3O. The molecule has 0 saturated heterocycles. The van der Waals surface area contributed by atoms with Crippen molar-refractivity contribution in [3.05, 3.63) is 47.3 Å². The zero-order valence-corrected chi connectivity index (χ0v) is 15.3. The minimum atomic E-state index is 0.150. The molecule has 4 nitrogen and oxygen atoms in total. The summed E-state index contributed by atoms with van der Waals surface area (Å²) in [5.74, 6) is 0.150. The number of para-hydroxylation sites is 1. The number of benzene rings is 1. The molecule has 1 aliphatic rings. The second-order valence-corrected chi connectivity index (χ2v) is 6.91. The average Bonchev–Trinajstić information content (AvgIpc) is 3.23. The molecule has 0 aliphatic heterocycles. The van der Waals surface area contributed by atoms with Crippen LogP contribution in [0.15, 0.2) is 30.3 Å². The number of nitrogens with zero attached hydrogens (tertiary/aromatic N) is 2. The van der Waals surface area contributed by atoms with E-state index in [0.29, 0.717) is 13.0 Å². The van der Waals surface area contributed by atoms with Crippen LogP contribution in [-0.2, 0) is 24.2 Å².